The van der Waals surface area contributed by atoms with Gasteiger partial charge in [0.15, 0.2) is 5.75 Å². The third kappa shape index (κ3) is 6.21. The van der Waals surface area contributed by atoms with Crippen molar-refractivity contribution < 1.29 is 53.8 Å². The highest BCUT2D eigenvalue weighted by atomic mass is 19.4. The highest BCUT2D eigenvalue weighted by Crippen LogP contribution is 2.47. The van der Waals surface area contributed by atoms with Gasteiger partial charge in [0.25, 0.3) is 5.92 Å². The van der Waals surface area contributed by atoms with Crippen molar-refractivity contribution >= 4 is 23.5 Å². The van der Waals surface area contributed by atoms with Gasteiger partial charge in [-0.3, -0.25) is 14.7 Å². The summed E-state index contributed by atoms with van der Waals surface area (Å²) in [4.78, 5) is 29.5. The van der Waals surface area contributed by atoms with Gasteiger partial charge in [0, 0.05) is 38.9 Å². The van der Waals surface area contributed by atoms with E-state index in [2.05, 4.69) is 0 Å². The third-order valence-corrected chi connectivity index (χ3v) is 6.36. The smallest absolute Gasteiger partial charge is 0.407 e. The van der Waals surface area contributed by atoms with Gasteiger partial charge in [-0.05, 0) is 36.4 Å². The molecule has 0 aromatic heterocycles. The Morgan fingerprint density at radius 1 is 0.975 bits per heavy atom. The summed E-state index contributed by atoms with van der Waals surface area (Å²) in [5, 5.41) is 0. The first kappa shape index (κ1) is 29.3. The van der Waals surface area contributed by atoms with Crippen LogP contribution in [-0.4, -0.2) is 74.2 Å². The topological polar surface area (TPSA) is 56.3 Å². The molecule has 2 aliphatic rings. The summed E-state index contributed by atoms with van der Waals surface area (Å²) in [6, 6.07) is 3.20. The third-order valence-electron chi connectivity index (χ3n) is 6.36. The number of nitrogens with zero attached hydrogens (tertiary/aromatic N) is 4. The van der Waals surface area contributed by atoms with Crippen LogP contribution in [0, 0.1) is 5.82 Å². The highest BCUT2D eigenvalue weighted by molar-refractivity contribution is 5.97. The minimum Gasteiger partial charge on any atom is -0.407 e. The van der Waals surface area contributed by atoms with Crippen molar-refractivity contribution in [3.05, 3.63) is 53.3 Å². The standard InChI is InChI=1S/C24H21F9N4O3/c1-34(16-4-2-15(25)3-5-16)21(39)40-19-17(24(31,32)33)10-14(23(28,29)30)11-18(19)37-9-8-36(20(37)38)7-6-35-12-22(26,27)13-35/h2-5,10-11H,6-9,12-13H2,1H3. The molecule has 218 valence electrons. The molecule has 2 aromatic carbocycles. The average molecular weight is 584 g/mol. The van der Waals surface area contributed by atoms with Crippen LogP contribution in [0.1, 0.15) is 11.1 Å². The molecule has 0 unspecified atom stereocenters. The number of hydrogen-bond acceptors (Lipinski definition) is 4. The quantitative estimate of drug-likeness (QED) is 0.410. The second-order valence-corrected chi connectivity index (χ2v) is 9.26. The van der Waals surface area contributed by atoms with Crippen LogP contribution in [-0.2, 0) is 12.4 Å². The Morgan fingerprint density at radius 3 is 2.15 bits per heavy atom. The SMILES string of the molecule is CN(C(=O)Oc1c(N2CCN(CCN3CC(F)(F)C3)C2=O)cc(C(F)(F)F)cc1C(F)(F)F)c1ccc(F)cc1. The number of carbonyl (C=O) groups is 2. The predicted octanol–water partition coefficient (Wildman–Crippen LogP) is 5.69. The van der Waals surface area contributed by atoms with Crippen molar-refractivity contribution in [3.8, 4) is 5.75 Å². The Morgan fingerprint density at radius 2 is 1.60 bits per heavy atom. The molecular weight excluding hydrogens is 563 g/mol. The van der Waals surface area contributed by atoms with E-state index in [1.165, 1.54) is 4.90 Å². The van der Waals surface area contributed by atoms with Gasteiger partial charge in [-0.25, -0.2) is 22.8 Å². The van der Waals surface area contributed by atoms with E-state index >= 15 is 0 Å². The summed E-state index contributed by atoms with van der Waals surface area (Å²) in [6.07, 6.45) is -12.2. The Balaban J connectivity index is 1.68. The monoisotopic (exact) mass is 584 g/mol. The molecule has 0 atom stereocenters. The maximum absolute atomic E-state index is 14.0. The van der Waals surface area contributed by atoms with Crippen molar-refractivity contribution in [3.63, 3.8) is 0 Å². The van der Waals surface area contributed by atoms with Crippen LogP contribution in [0.15, 0.2) is 36.4 Å². The lowest BCUT2D eigenvalue weighted by Crippen LogP contribution is -2.57. The molecule has 0 radical (unpaired) electrons. The van der Waals surface area contributed by atoms with Crippen LogP contribution < -0.4 is 14.5 Å². The van der Waals surface area contributed by atoms with Gasteiger partial charge in [-0.15, -0.1) is 0 Å². The zero-order valence-electron chi connectivity index (χ0n) is 20.6. The summed E-state index contributed by atoms with van der Waals surface area (Å²) < 4.78 is 127. The van der Waals surface area contributed by atoms with Crippen molar-refractivity contribution in [1.82, 2.24) is 9.80 Å². The molecule has 16 heteroatoms. The van der Waals surface area contributed by atoms with E-state index in [1.54, 1.807) is 0 Å². The number of likely N-dealkylation sites (tertiary alicyclic amines) is 1. The number of carbonyl (C=O) groups excluding carboxylic acids is 2. The second kappa shape index (κ2) is 10.4. The summed E-state index contributed by atoms with van der Waals surface area (Å²) in [6.45, 7) is -1.68. The molecule has 2 aromatic rings. The molecule has 2 fully saturated rings. The molecule has 0 N–H and O–H groups in total. The molecule has 2 saturated heterocycles. The molecule has 0 aliphatic carbocycles. The fourth-order valence-electron chi connectivity index (χ4n) is 4.26. The largest absolute Gasteiger partial charge is 0.420 e. The molecule has 0 bridgehead atoms. The fraction of sp³-hybridized carbons (Fsp3) is 0.417. The zero-order chi connectivity index (χ0) is 29.6. The van der Waals surface area contributed by atoms with E-state index in [4.69, 9.17) is 4.74 Å². The van der Waals surface area contributed by atoms with Crippen LogP contribution in [0.5, 0.6) is 5.75 Å². The van der Waals surface area contributed by atoms with E-state index in [-0.39, 0.29) is 44.0 Å². The molecule has 40 heavy (non-hydrogen) atoms. The number of urea groups is 1. The predicted molar refractivity (Wildman–Crippen MR) is 123 cm³/mol. The van der Waals surface area contributed by atoms with E-state index < -0.39 is 71.9 Å². The number of halogens is 9. The first-order valence-corrected chi connectivity index (χ1v) is 11.7. The molecule has 4 rings (SSSR count). The summed E-state index contributed by atoms with van der Waals surface area (Å²) in [5.41, 5.74) is -4.65. The number of ether oxygens (including phenoxy) is 1. The van der Waals surface area contributed by atoms with Gasteiger partial charge in [0.1, 0.15) is 11.4 Å². The van der Waals surface area contributed by atoms with E-state index in [1.807, 2.05) is 0 Å². The van der Waals surface area contributed by atoms with E-state index in [0.29, 0.717) is 9.80 Å². The van der Waals surface area contributed by atoms with E-state index in [0.717, 1.165) is 36.2 Å². The fourth-order valence-corrected chi connectivity index (χ4v) is 4.26. The lowest BCUT2D eigenvalue weighted by atomic mass is 10.1. The van der Waals surface area contributed by atoms with Crippen molar-refractivity contribution in [2.75, 3.05) is 56.1 Å². The van der Waals surface area contributed by atoms with Crippen LogP contribution >= 0.6 is 0 Å². The molecule has 7 nitrogen and oxygen atoms in total. The molecular formula is C24H21F9N4O3. The summed E-state index contributed by atoms with van der Waals surface area (Å²) in [7, 11) is 1.08. The molecule has 0 saturated carbocycles. The van der Waals surface area contributed by atoms with Crippen LogP contribution in [0.3, 0.4) is 0 Å². The Bertz CT molecular complexity index is 1270. The first-order chi connectivity index (χ1) is 18.5. The van der Waals surface area contributed by atoms with Gasteiger partial charge < -0.3 is 9.64 Å². The molecule has 3 amide bonds. The van der Waals surface area contributed by atoms with Gasteiger partial charge in [-0.2, -0.15) is 26.3 Å². The number of benzene rings is 2. The zero-order valence-corrected chi connectivity index (χ0v) is 20.6. The summed E-state index contributed by atoms with van der Waals surface area (Å²) >= 11 is 0. The van der Waals surface area contributed by atoms with Crippen LogP contribution in [0.2, 0.25) is 0 Å². The number of amides is 3. The van der Waals surface area contributed by atoms with Crippen molar-refractivity contribution in [2.24, 2.45) is 0 Å². The summed E-state index contributed by atoms with van der Waals surface area (Å²) in [5.74, 6) is -4.88. The Hall–Kier alpha value is -3.69. The number of hydrogen-bond donors (Lipinski definition) is 0. The lowest BCUT2D eigenvalue weighted by Gasteiger charge is -2.39. The van der Waals surface area contributed by atoms with Crippen LogP contribution in [0.25, 0.3) is 0 Å². The van der Waals surface area contributed by atoms with E-state index in [9.17, 15) is 49.1 Å². The Kier molecular flexibility index (Phi) is 7.60. The van der Waals surface area contributed by atoms with Gasteiger partial charge in [0.2, 0.25) is 0 Å². The number of anilines is 2. The van der Waals surface area contributed by atoms with Gasteiger partial charge in [0.05, 0.1) is 24.3 Å². The molecule has 0 spiro atoms. The average Bonchev–Trinajstić information content (AvgIpc) is 3.19. The number of alkyl halides is 8. The first-order valence-electron chi connectivity index (χ1n) is 11.7. The Labute approximate surface area is 221 Å². The minimum absolute atomic E-state index is 0.00610. The minimum atomic E-state index is -5.44. The van der Waals surface area contributed by atoms with Gasteiger partial charge in [-0.1, -0.05) is 0 Å². The molecule has 2 heterocycles. The maximum atomic E-state index is 14.0. The molecule has 2 aliphatic heterocycles. The second-order valence-electron chi connectivity index (χ2n) is 9.26. The van der Waals surface area contributed by atoms with Crippen molar-refractivity contribution in [1.29, 1.82) is 0 Å². The van der Waals surface area contributed by atoms with Gasteiger partial charge >= 0.3 is 24.5 Å². The number of rotatable bonds is 6. The maximum Gasteiger partial charge on any atom is 0.420 e. The normalized spacial score (nSPS) is 17.7. The lowest BCUT2D eigenvalue weighted by molar-refractivity contribution is -0.143. The van der Waals surface area contributed by atoms with Crippen molar-refractivity contribution in [2.45, 2.75) is 18.3 Å². The highest BCUT2D eigenvalue weighted by Gasteiger charge is 2.45. The van der Waals surface area contributed by atoms with Crippen LogP contribution in [0.4, 0.5) is 60.5 Å².